The van der Waals surface area contributed by atoms with Gasteiger partial charge in [-0.3, -0.25) is 20.4 Å². The Morgan fingerprint density at radius 3 is 2.38 bits per heavy atom. The first-order valence-corrected chi connectivity index (χ1v) is 8.29. The van der Waals surface area contributed by atoms with E-state index in [1.807, 2.05) is 13.8 Å². The highest BCUT2D eigenvalue weighted by Gasteiger charge is 2.12. The van der Waals surface area contributed by atoms with Gasteiger partial charge in [0.2, 0.25) is 0 Å². The van der Waals surface area contributed by atoms with E-state index in [2.05, 4.69) is 26.8 Å². The number of nitrogens with one attached hydrogen (secondary N) is 2. The number of aryl methyl sites for hydroxylation is 2. The van der Waals surface area contributed by atoms with Gasteiger partial charge in [-0.05, 0) is 65.2 Å². The molecule has 0 aliphatic carbocycles. The van der Waals surface area contributed by atoms with Crippen LogP contribution in [0.3, 0.4) is 0 Å². The first-order chi connectivity index (χ1) is 11.4. The minimum Gasteiger partial charge on any atom is -0.483 e. The summed E-state index contributed by atoms with van der Waals surface area (Å²) in [7, 11) is 0. The Bertz CT molecular complexity index is 757. The van der Waals surface area contributed by atoms with E-state index in [-0.39, 0.29) is 6.61 Å². The lowest BCUT2D eigenvalue weighted by Gasteiger charge is -2.13. The average Bonchev–Trinajstić information content (AvgIpc) is 2.52. The van der Waals surface area contributed by atoms with E-state index in [9.17, 15) is 9.59 Å². The van der Waals surface area contributed by atoms with Gasteiger partial charge in [0, 0.05) is 9.50 Å². The maximum atomic E-state index is 12.0. The van der Waals surface area contributed by atoms with E-state index in [4.69, 9.17) is 16.3 Å². The number of rotatable bonds is 4. The predicted molar refractivity (Wildman–Crippen MR) is 96.2 cm³/mol. The maximum absolute atomic E-state index is 12.0. The SMILES string of the molecule is Cc1cc(Cl)cc(C)c1OCC(=O)NNC(=O)c1ccccc1Br. The number of hydrogen-bond donors (Lipinski definition) is 2. The molecule has 0 fully saturated rings. The van der Waals surface area contributed by atoms with E-state index < -0.39 is 11.8 Å². The van der Waals surface area contributed by atoms with Crippen LogP contribution in [0.25, 0.3) is 0 Å². The zero-order valence-corrected chi connectivity index (χ0v) is 15.5. The molecule has 2 rings (SSSR count). The summed E-state index contributed by atoms with van der Waals surface area (Å²) < 4.78 is 6.15. The van der Waals surface area contributed by atoms with Gasteiger partial charge in [-0.15, -0.1) is 0 Å². The number of amides is 2. The molecule has 0 unspecified atom stereocenters. The molecule has 0 saturated carbocycles. The van der Waals surface area contributed by atoms with E-state index in [0.717, 1.165) is 11.1 Å². The molecule has 7 heteroatoms. The Balaban J connectivity index is 1.88. The highest BCUT2D eigenvalue weighted by Crippen LogP contribution is 2.26. The van der Waals surface area contributed by atoms with Gasteiger partial charge in [-0.1, -0.05) is 23.7 Å². The fraction of sp³-hybridized carbons (Fsp3) is 0.176. The van der Waals surface area contributed by atoms with Crippen LogP contribution in [-0.2, 0) is 4.79 Å². The maximum Gasteiger partial charge on any atom is 0.276 e. The molecule has 0 aliphatic heterocycles. The van der Waals surface area contributed by atoms with Gasteiger partial charge in [0.1, 0.15) is 5.75 Å². The van der Waals surface area contributed by atoms with Crippen molar-refractivity contribution in [2.75, 3.05) is 6.61 Å². The van der Waals surface area contributed by atoms with Gasteiger partial charge < -0.3 is 4.74 Å². The second-order valence-corrected chi connectivity index (χ2v) is 6.43. The molecule has 0 atom stereocenters. The van der Waals surface area contributed by atoms with Crippen LogP contribution in [-0.4, -0.2) is 18.4 Å². The van der Waals surface area contributed by atoms with Crippen LogP contribution in [0.4, 0.5) is 0 Å². The van der Waals surface area contributed by atoms with Crippen molar-refractivity contribution in [3.63, 3.8) is 0 Å². The predicted octanol–water partition coefficient (Wildman–Crippen LogP) is 3.56. The average molecular weight is 412 g/mol. The molecule has 24 heavy (non-hydrogen) atoms. The molecule has 2 N–H and O–H groups in total. The van der Waals surface area contributed by atoms with Crippen LogP contribution in [0, 0.1) is 13.8 Å². The third kappa shape index (κ3) is 4.72. The lowest BCUT2D eigenvalue weighted by atomic mass is 10.1. The number of carbonyl (C=O) groups excluding carboxylic acids is 2. The van der Waals surface area contributed by atoms with Crippen molar-refractivity contribution in [1.82, 2.24) is 10.9 Å². The van der Waals surface area contributed by atoms with Gasteiger partial charge in [-0.2, -0.15) is 0 Å². The molecule has 2 aromatic rings. The molecular weight excluding hydrogens is 396 g/mol. The van der Waals surface area contributed by atoms with Crippen LogP contribution in [0.5, 0.6) is 5.75 Å². The molecule has 5 nitrogen and oxygen atoms in total. The van der Waals surface area contributed by atoms with Gasteiger partial charge >= 0.3 is 0 Å². The van der Waals surface area contributed by atoms with E-state index >= 15 is 0 Å². The number of benzene rings is 2. The number of ether oxygens (including phenoxy) is 1. The molecule has 0 aliphatic rings. The molecular formula is C17H16BrClN2O3. The van der Waals surface area contributed by atoms with Crippen LogP contribution in [0.15, 0.2) is 40.9 Å². The third-order valence-electron chi connectivity index (χ3n) is 3.21. The highest BCUT2D eigenvalue weighted by atomic mass is 79.9. The molecule has 0 saturated heterocycles. The lowest BCUT2D eigenvalue weighted by molar-refractivity contribution is -0.123. The molecule has 0 aromatic heterocycles. The monoisotopic (exact) mass is 410 g/mol. The van der Waals surface area contributed by atoms with E-state index in [1.165, 1.54) is 0 Å². The Kier molecular flexibility index (Phi) is 6.23. The number of halogens is 2. The smallest absolute Gasteiger partial charge is 0.276 e. The summed E-state index contributed by atoms with van der Waals surface area (Å²) in [4.78, 5) is 23.8. The van der Waals surface area contributed by atoms with Crippen molar-refractivity contribution < 1.29 is 14.3 Å². The summed E-state index contributed by atoms with van der Waals surface area (Å²) in [6.45, 7) is 3.47. The second kappa shape index (κ2) is 8.17. The van der Waals surface area contributed by atoms with Crippen molar-refractivity contribution >= 4 is 39.3 Å². The first kappa shape index (κ1) is 18.3. The summed E-state index contributed by atoms with van der Waals surface area (Å²) in [5.41, 5.74) is 6.76. The Morgan fingerprint density at radius 1 is 1.12 bits per heavy atom. The molecule has 0 heterocycles. The lowest BCUT2D eigenvalue weighted by Crippen LogP contribution is -2.44. The first-order valence-electron chi connectivity index (χ1n) is 7.11. The fourth-order valence-electron chi connectivity index (χ4n) is 2.14. The zero-order valence-electron chi connectivity index (χ0n) is 13.2. The topological polar surface area (TPSA) is 67.4 Å². The number of hydrogen-bond acceptors (Lipinski definition) is 3. The zero-order chi connectivity index (χ0) is 17.7. The highest BCUT2D eigenvalue weighted by molar-refractivity contribution is 9.10. The van der Waals surface area contributed by atoms with Crippen molar-refractivity contribution in [2.24, 2.45) is 0 Å². The standard InChI is InChI=1S/C17H16BrClN2O3/c1-10-7-12(19)8-11(2)16(10)24-9-15(22)20-21-17(23)13-5-3-4-6-14(13)18/h3-8H,9H2,1-2H3,(H,20,22)(H,21,23). The summed E-state index contributed by atoms with van der Waals surface area (Å²) in [5.74, 6) is -0.287. The second-order valence-electron chi connectivity index (χ2n) is 5.14. The summed E-state index contributed by atoms with van der Waals surface area (Å²) in [6, 6.07) is 10.4. The minimum atomic E-state index is -0.468. The fourth-order valence-corrected chi connectivity index (χ4v) is 2.93. The summed E-state index contributed by atoms with van der Waals surface area (Å²) >= 11 is 9.23. The van der Waals surface area contributed by atoms with Crippen molar-refractivity contribution in [3.8, 4) is 5.75 Å². The normalized spacial score (nSPS) is 10.2. The Labute approximate surface area is 153 Å². The van der Waals surface area contributed by atoms with Gasteiger partial charge in [-0.25, -0.2) is 0 Å². The molecule has 0 spiro atoms. The van der Waals surface area contributed by atoms with Gasteiger partial charge in [0.25, 0.3) is 11.8 Å². The van der Waals surface area contributed by atoms with Crippen LogP contribution >= 0.6 is 27.5 Å². The van der Waals surface area contributed by atoms with Crippen LogP contribution in [0.2, 0.25) is 5.02 Å². The molecule has 2 aromatic carbocycles. The van der Waals surface area contributed by atoms with Crippen molar-refractivity contribution in [2.45, 2.75) is 13.8 Å². The van der Waals surface area contributed by atoms with E-state index in [0.29, 0.717) is 20.8 Å². The summed E-state index contributed by atoms with van der Waals surface area (Å²) in [6.07, 6.45) is 0. The largest absolute Gasteiger partial charge is 0.483 e. The Hall–Kier alpha value is -2.05. The number of carbonyl (C=O) groups is 2. The molecule has 2 amide bonds. The van der Waals surface area contributed by atoms with E-state index in [1.54, 1.807) is 36.4 Å². The quantitative estimate of drug-likeness (QED) is 0.756. The number of hydrazine groups is 1. The van der Waals surface area contributed by atoms with Crippen molar-refractivity contribution in [1.29, 1.82) is 0 Å². The third-order valence-corrected chi connectivity index (χ3v) is 4.12. The van der Waals surface area contributed by atoms with Crippen LogP contribution in [0.1, 0.15) is 21.5 Å². The van der Waals surface area contributed by atoms with Crippen molar-refractivity contribution in [3.05, 3.63) is 62.6 Å². The Morgan fingerprint density at radius 2 is 1.75 bits per heavy atom. The summed E-state index contributed by atoms with van der Waals surface area (Å²) in [5, 5.41) is 0.613. The van der Waals surface area contributed by atoms with Crippen LogP contribution < -0.4 is 15.6 Å². The van der Waals surface area contributed by atoms with Gasteiger partial charge in [0.05, 0.1) is 5.56 Å². The molecule has 126 valence electrons. The molecule has 0 radical (unpaired) electrons. The van der Waals surface area contributed by atoms with Gasteiger partial charge in [0.15, 0.2) is 6.61 Å². The molecule has 0 bridgehead atoms. The minimum absolute atomic E-state index is 0.223.